The van der Waals surface area contributed by atoms with Gasteiger partial charge in [-0.05, 0) is 0 Å². The van der Waals surface area contributed by atoms with Crippen LogP contribution in [0.1, 0.15) is 0 Å². The van der Waals surface area contributed by atoms with Gasteiger partial charge in [0.15, 0.2) is 0 Å². The van der Waals surface area contributed by atoms with Crippen molar-refractivity contribution in [2.24, 2.45) is 0 Å². The molecule has 1 aliphatic heterocycles. The predicted octanol–water partition coefficient (Wildman–Crippen LogP) is -0.203. The van der Waals surface area contributed by atoms with Gasteiger partial charge >= 0.3 is 0 Å². The number of rotatable bonds is 8. The van der Waals surface area contributed by atoms with Crippen molar-refractivity contribution in [3.05, 3.63) is 25.3 Å². The van der Waals surface area contributed by atoms with E-state index in [2.05, 4.69) is 23.0 Å². The Hall–Kier alpha value is -1.17. The first-order chi connectivity index (χ1) is 9.21. The van der Waals surface area contributed by atoms with Gasteiger partial charge in [0.05, 0.1) is 13.2 Å². The number of carbonyl (C=O) groups is 1. The lowest BCUT2D eigenvalue weighted by Gasteiger charge is -2.34. The fourth-order valence-corrected chi connectivity index (χ4v) is 2.19. The molecule has 1 saturated heterocycles. The topological polar surface area (TPSA) is 47.0 Å². The maximum atomic E-state index is 12.1. The van der Waals surface area contributed by atoms with E-state index in [4.69, 9.17) is 5.11 Å². The van der Waals surface area contributed by atoms with Crippen LogP contribution in [-0.2, 0) is 4.79 Å². The number of β-amino-alcohol motifs (C(OH)–C–C–N with tert-alkyl or cyclic N) is 1. The highest BCUT2D eigenvalue weighted by Gasteiger charge is 2.20. The first-order valence-corrected chi connectivity index (χ1v) is 6.76. The van der Waals surface area contributed by atoms with E-state index in [-0.39, 0.29) is 12.5 Å². The lowest BCUT2D eigenvalue weighted by molar-refractivity contribution is -0.131. The standard InChI is InChI=1S/C14H25N3O2/c1-3-5-17(6-4-2)14(19)13-16-9-7-15(8-10-16)11-12-18/h3-4,18H,1-2,5-13H2. The molecule has 1 aliphatic rings. The summed E-state index contributed by atoms with van der Waals surface area (Å²) >= 11 is 0. The lowest BCUT2D eigenvalue weighted by atomic mass is 10.3. The zero-order valence-electron chi connectivity index (χ0n) is 11.6. The molecule has 1 N–H and O–H groups in total. The summed E-state index contributed by atoms with van der Waals surface area (Å²) < 4.78 is 0. The smallest absolute Gasteiger partial charge is 0.237 e. The van der Waals surface area contributed by atoms with Gasteiger partial charge in [0, 0.05) is 45.8 Å². The molecule has 0 aromatic heterocycles. The number of carbonyl (C=O) groups excluding carboxylic acids is 1. The quantitative estimate of drug-likeness (QED) is 0.619. The van der Waals surface area contributed by atoms with Crippen LogP contribution in [0.4, 0.5) is 0 Å². The first-order valence-electron chi connectivity index (χ1n) is 6.76. The van der Waals surface area contributed by atoms with Crippen LogP contribution in [0.25, 0.3) is 0 Å². The van der Waals surface area contributed by atoms with Crippen molar-refractivity contribution in [1.29, 1.82) is 0 Å². The van der Waals surface area contributed by atoms with Crippen molar-refractivity contribution in [2.45, 2.75) is 0 Å². The third-order valence-electron chi connectivity index (χ3n) is 3.29. The molecule has 1 rings (SSSR count). The molecular weight excluding hydrogens is 242 g/mol. The van der Waals surface area contributed by atoms with Gasteiger partial charge in [-0.3, -0.25) is 14.6 Å². The second-order valence-electron chi connectivity index (χ2n) is 4.72. The van der Waals surface area contributed by atoms with Crippen LogP contribution in [0, 0.1) is 0 Å². The summed E-state index contributed by atoms with van der Waals surface area (Å²) in [6, 6.07) is 0. The van der Waals surface area contributed by atoms with Crippen LogP contribution in [0.2, 0.25) is 0 Å². The summed E-state index contributed by atoms with van der Waals surface area (Å²) in [5.41, 5.74) is 0. The van der Waals surface area contributed by atoms with Gasteiger partial charge in [0.1, 0.15) is 0 Å². The van der Waals surface area contributed by atoms with Gasteiger partial charge in [-0.2, -0.15) is 0 Å². The molecule has 0 atom stereocenters. The van der Waals surface area contributed by atoms with Crippen LogP contribution >= 0.6 is 0 Å². The van der Waals surface area contributed by atoms with Crippen LogP contribution in [0.3, 0.4) is 0 Å². The molecule has 108 valence electrons. The number of aliphatic hydroxyl groups is 1. The molecule has 0 aromatic rings. The number of aliphatic hydroxyl groups excluding tert-OH is 1. The predicted molar refractivity (Wildman–Crippen MR) is 76.9 cm³/mol. The molecular formula is C14H25N3O2. The second kappa shape index (κ2) is 8.85. The third kappa shape index (κ3) is 5.55. The summed E-state index contributed by atoms with van der Waals surface area (Å²) in [6.07, 6.45) is 3.47. The van der Waals surface area contributed by atoms with E-state index in [1.807, 2.05) is 0 Å². The highest BCUT2D eigenvalue weighted by molar-refractivity contribution is 5.78. The molecule has 0 aliphatic carbocycles. The van der Waals surface area contributed by atoms with E-state index in [0.717, 1.165) is 32.7 Å². The highest BCUT2D eigenvalue weighted by atomic mass is 16.3. The van der Waals surface area contributed by atoms with E-state index >= 15 is 0 Å². The van der Waals surface area contributed by atoms with Crippen LogP contribution < -0.4 is 0 Å². The first kappa shape index (κ1) is 15.9. The molecule has 1 fully saturated rings. The molecule has 0 aromatic carbocycles. The molecule has 1 heterocycles. The number of nitrogens with zero attached hydrogens (tertiary/aromatic N) is 3. The maximum Gasteiger partial charge on any atom is 0.237 e. The van der Waals surface area contributed by atoms with Gasteiger partial charge in [0.2, 0.25) is 5.91 Å². The Labute approximate surface area is 115 Å². The summed E-state index contributed by atoms with van der Waals surface area (Å²) in [6.45, 7) is 13.4. The molecule has 0 saturated carbocycles. The van der Waals surface area contributed by atoms with Crippen molar-refractivity contribution in [3.63, 3.8) is 0 Å². The molecule has 19 heavy (non-hydrogen) atoms. The van der Waals surface area contributed by atoms with E-state index in [0.29, 0.717) is 19.6 Å². The number of amides is 1. The van der Waals surface area contributed by atoms with E-state index in [9.17, 15) is 4.79 Å². The van der Waals surface area contributed by atoms with Gasteiger partial charge in [-0.15, -0.1) is 13.2 Å². The Kier molecular flexibility index (Phi) is 7.40. The molecule has 0 bridgehead atoms. The third-order valence-corrected chi connectivity index (χ3v) is 3.29. The molecule has 5 heteroatoms. The Morgan fingerprint density at radius 1 is 1.11 bits per heavy atom. The SMILES string of the molecule is C=CCN(CC=C)C(=O)CN1CCN(CCO)CC1. The van der Waals surface area contributed by atoms with Crippen molar-refractivity contribution >= 4 is 5.91 Å². The van der Waals surface area contributed by atoms with Crippen molar-refractivity contribution in [3.8, 4) is 0 Å². The molecule has 0 radical (unpaired) electrons. The van der Waals surface area contributed by atoms with Gasteiger partial charge < -0.3 is 10.0 Å². The van der Waals surface area contributed by atoms with Crippen molar-refractivity contribution < 1.29 is 9.90 Å². The summed E-state index contributed by atoms with van der Waals surface area (Å²) in [5.74, 6) is 0.121. The minimum Gasteiger partial charge on any atom is -0.395 e. The van der Waals surface area contributed by atoms with Gasteiger partial charge in [-0.25, -0.2) is 0 Å². The monoisotopic (exact) mass is 267 g/mol. The summed E-state index contributed by atoms with van der Waals surface area (Å²) in [4.78, 5) is 18.3. The van der Waals surface area contributed by atoms with E-state index in [1.165, 1.54) is 0 Å². The largest absolute Gasteiger partial charge is 0.395 e. The van der Waals surface area contributed by atoms with Gasteiger partial charge in [0.25, 0.3) is 0 Å². The fraction of sp³-hybridized carbons (Fsp3) is 0.643. The Balaban J connectivity index is 2.36. The molecule has 1 amide bonds. The Morgan fingerprint density at radius 2 is 1.63 bits per heavy atom. The fourth-order valence-electron chi connectivity index (χ4n) is 2.19. The second-order valence-corrected chi connectivity index (χ2v) is 4.72. The number of hydrogen-bond acceptors (Lipinski definition) is 4. The molecule has 0 unspecified atom stereocenters. The van der Waals surface area contributed by atoms with Crippen molar-refractivity contribution in [2.75, 3.05) is 59.0 Å². The van der Waals surface area contributed by atoms with E-state index in [1.54, 1.807) is 17.1 Å². The van der Waals surface area contributed by atoms with Crippen LogP contribution in [-0.4, -0.2) is 84.7 Å². The summed E-state index contributed by atoms with van der Waals surface area (Å²) in [7, 11) is 0. The Bertz CT molecular complexity index is 289. The highest BCUT2D eigenvalue weighted by Crippen LogP contribution is 2.02. The minimum atomic E-state index is 0.121. The Morgan fingerprint density at radius 3 is 2.11 bits per heavy atom. The van der Waals surface area contributed by atoms with E-state index < -0.39 is 0 Å². The normalized spacial score (nSPS) is 17.1. The average Bonchev–Trinajstić information content (AvgIpc) is 2.41. The van der Waals surface area contributed by atoms with Crippen molar-refractivity contribution in [1.82, 2.24) is 14.7 Å². The molecule has 5 nitrogen and oxygen atoms in total. The van der Waals surface area contributed by atoms with Gasteiger partial charge in [-0.1, -0.05) is 12.2 Å². The van der Waals surface area contributed by atoms with Crippen LogP contribution in [0.5, 0.6) is 0 Å². The number of hydrogen-bond donors (Lipinski definition) is 1. The zero-order valence-corrected chi connectivity index (χ0v) is 11.6. The minimum absolute atomic E-state index is 0.121. The number of piperazine rings is 1. The summed E-state index contributed by atoms with van der Waals surface area (Å²) in [5, 5.41) is 8.89. The lowest BCUT2D eigenvalue weighted by Crippen LogP contribution is -2.50. The maximum absolute atomic E-state index is 12.1. The zero-order chi connectivity index (χ0) is 14.1. The molecule has 0 spiro atoms. The average molecular weight is 267 g/mol. The van der Waals surface area contributed by atoms with Crippen LogP contribution in [0.15, 0.2) is 25.3 Å².